The zero-order valence-electron chi connectivity index (χ0n) is 15.6. The fraction of sp³-hybridized carbons (Fsp3) is 0.409. The third-order valence-corrected chi connectivity index (χ3v) is 4.39. The number of phenols is 1. The molecule has 2 aromatic rings. The van der Waals surface area contributed by atoms with Gasteiger partial charge < -0.3 is 14.6 Å². The molecule has 0 aliphatic rings. The Balaban J connectivity index is 1.84. The predicted octanol–water partition coefficient (Wildman–Crippen LogP) is 4.33. The topological polar surface area (TPSA) is 55.8 Å². The van der Waals surface area contributed by atoms with Crippen molar-refractivity contribution in [2.75, 3.05) is 13.7 Å². The van der Waals surface area contributed by atoms with E-state index in [9.17, 15) is 9.90 Å². The molecule has 0 bridgehead atoms. The Hall–Kier alpha value is -2.33. The molecule has 2 aromatic carbocycles. The van der Waals surface area contributed by atoms with Crippen LogP contribution in [-0.4, -0.2) is 30.7 Å². The Kier molecular flexibility index (Phi) is 8.16. The van der Waals surface area contributed by atoms with E-state index in [1.165, 1.54) is 12.7 Å². The summed E-state index contributed by atoms with van der Waals surface area (Å²) in [4.78, 5) is 12.3. The van der Waals surface area contributed by atoms with Gasteiger partial charge in [0.25, 0.3) is 0 Å². The second-order valence-electron chi connectivity index (χ2n) is 6.35. The second kappa shape index (κ2) is 10.6. The number of methoxy groups -OCH3 is 1. The summed E-state index contributed by atoms with van der Waals surface area (Å²) in [5.74, 6) is 0.832. The summed E-state index contributed by atoms with van der Waals surface area (Å²) >= 11 is 0. The number of carbonyl (C=O) groups is 1. The zero-order valence-corrected chi connectivity index (χ0v) is 15.6. The van der Waals surface area contributed by atoms with E-state index in [-0.39, 0.29) is 17.6 Å². The van der Waals surface area contributed by atoms with E-state index in [1.54, 1.807) is 6.07 Å². The minimum atomic E-state index is -0.0805. The maximum absolute atomic E-state index is 12.3. The molecule has 0 heterocycles. The zero-order chi connectivity index (χ0) is 18.8. The smallest absolute Gasteiger partial charge is 0.160 e. The lowest BCUT2D eigenvalue weighted by atomic mass is 10.00. The number of Topliss-reactive ketones (excluding diaryl/α,β-unsaturated/α-hetero) is 1. The van der Waals surface area contributed by atoms with Crippen LogP contribution in [0.5, 0.6) is 11.5 Å². The maximum atomic E-state index is 12.3. The molecule has 0 saturated carbocycles. The molecule has 0 aromatic heterocycles. The highest BCUT2D eigenvalue weighted by molar-refractivity contribution is 5.79. The van der Waals surface area contributed by atoms with Crippen LogP contribution in [0, 0.1) is 0 Å². The standard InChI is InChI=1S/C22H28O4/c1-3-26-20(13-10-18-11-14-21(24)22(15-18)25-2)16-19(23)12-9-17-7-5-4-6-8-17/h4-8,11,14-15,20,24H,3,9-10,12-13,16H2,1-2H3/t20-/m1/s1. The highest BCUT2D eigenvalue weighted by Gasteiger charge is 2.15. The lowest BCUT2D eigenvalue weighted by Gasteiger charge is -2.17. The van der Waals surface area contributed by atoms with Gasteiger partial charge in [-0.3, -0.25) is 4.79 Å². The molecule has 4 heteroatoms. The molecular formula is C22H28O4. The van der Waals surface area contributed by atoms with Gasteiger partial charge in [0, 0.05) is 19.4 Å². The highest BCUT2D eigenvalue weighted by Crippen LogP contribution is 2.27. The minimum Gasteiger partial charge on any atom is -0.504 e. The van der Waals surface area contributed by atoms with Crippen molar-refractivity contribution >= 4 is 5.78 Å². The number of hydrogen-bond acceptors (Lipinski definition) is 4. The van der Waals surface area contributed by atoms with Crippen LogP contribution < -0.4 is 4.74 Å². The number of carbonyl (C=O) groups excluding carboxylic acids is 1. The first-order valence-electron chi connectivity index (χ1n) is 9.15. The van der Waals surface area contributed by atoms with Crippen LogP contribution in [0.4, 0.5) is 0 Å². The van der Waals surface area contributed by atoms with Crippen LogP contribution in [0.1, 0.15) is 37.3 Å². The summed E-state index contributed by atoms with van der Waals surface area (Å²) in [6.07, 6.45) is 3.21. The summed E-state index contributed by atoms with van der Waals surface area (Å²) < 4.78 is 10.9. The molecule has 0 fully saturated rings. The first kappa shape index (κ1) is 20.0. The summed E-state index contributed by atoms with van der Waals surface area (Å²) in [6, 6.07) is 15.4. The number of aryl methyl sites for hydroxylation is 2. The van der Waals surface area contributed by atoms with Crippen LogP contribution in [0.25, 0.3) is 0 Å². The first-order chi connectivity index (χ1) is 12.6. The lowest BCUT2D eigenvalue weighted by molar-refractivity contribution is -0.121. The fourth-order valence-corrected chi connectivity index (χ4v) is 2.97. The van der Waals surface area contributed by atoms with Crippen molar-refractivity contribution in [1.29, 1.82) is 0 Å². The van der Waals surface area contributed by atoms with Crippen molar-refractivity contribution in [3.8, 4) is 11.5 Å². The van der Waals surface area contributed by atoms with Crippen LogP contribution in [0.3, 0.4) is 0 Å². The molecule has 26 heavy (non-hydrogen) atoms. The van der Waals surface area contributed by atoms with Crippen molar-refractivity contribution in [2.45, 2.75) is 45.1 Å². The van der Waals surface area contributed by atoms with E-state index in [2.05, 4.69) is 0 Å². The number of aromatic hydroxyl groups is 1. The number of ether oxygens (including phenoxy) is 2. The fourth-order valence-electron chi connectivity index (χ4n) is 2.97. The third-order valence-electron chi connectivity index (χ3n) is 4.39. The molecular weight excluding hydrogens is 328 g/mol. The number of hydrogen-bond donors (Lipinski definition) is 1. The SMILES string of the molecule is CCO[C@H](CCc1ccc(O)c(OC)c1)CC(=O)CCc1ccccc1. The second-order valence-corrected chi connectivity index (χ2v) is 6.35. The molecule has 2 rings (SSSR count). The molecule has 0 spiro atoms. The largest absolute Gasteiger partial charge is 0.504 e. The van der Waals surface area contributed by atoms with Gasteiger partial charge in [0.2, 0.25) is 0 Å². The summed E-state index contributed by atoms with van der Waals surface area (Å²) in [6.45, 7) is 2.54. The van der Waals surface area contributed by atoms with Crippen LogP contribution >= 0.6 is 0 Å². The van der Waals surface area contributed by atoms with Crippen molar-refractivity contribution in [3.63, 3.8) is 0 Å². The number of ketones is 1. The summed E-state index contributed by atoms with van der Waals surface area (Å²) in [5.41, 5.74) is 2.24. The molecule has 0 amide bonds. The average Bonchev–Trinajstić information content (AvgIpc) is 2.66. The molecule has 0 radical (unpaired) electrons. The van der Waals surface area contributed by atoms with Crippen molar-refractivity contribution in [3.05, 3.63) is 59.7 Å². The predicted molar refractivity (Wildman–Crippen MR) is 103 cm³/mol. The molecule has 1 atom stereocenters. The Bertz CT molecular complexity index is 682. The van der Waals surface area contributed by atoms with E-state index in [4.69, 9.17) is 9.47 Å². The molecule has 1 N–H and O–H groups in total. The molecule has 0 unspecified atom stereocenters. The molecule has 0 aliphatic carbocycles. The van der Waals surface area contributed by atoms with Crippen molar-refractivity contribution in [1.82, 2.24) is 0 Å². The average molecular weight is 356 g/mol. The van der Waals surface area contributed by atoms with E-state index in [0.717, 1.165) is 24.8 Å². The van der Waals surface area contributed by atoms with Gasteiger partial charge in [-0.1, -0.05) is 36.4 Å². The maximum Gasteiger partial charge on any atom is 0.160 e. The van der Waals surface area contributed by atoms with Crippen molar-refractivity contribution < 1.29 is 19.4 Å². The van der Waals surface area contributed by atoms with Gasteiger partial charge in [-0.2, -0.15) is 0 Å². The van der Waals surface area contributed by atoms with E-state index in [1.807, 2.05) is 49.4 Å². The Morgan fingerprint density at radius 2 is 1.85 bits per heavy atom. The minimum absolute atomic E-state index is 0.0805. The van der Waals surface area contributed by atoms with Crippen molar-refractivity contribution in [2.24, 2.45) is 0 Å². The van der Waals surface area contributed by atoms with Crippen LogP contribution in [-0.2, 0) is 22.4 Å². The lowest BCUT2D eigenvalue weighted by Crippen LogP contribution is -2.19. The summed E-state index contributed by atoms with van der Waals surface area (Å²) in [7, 11) is 1.53. The number of phenolic OH excluding ortho intramolecular Hbond substituents is 1. The van der Waals surface area contributed by atoms with Crippen LogP contribution in [0.2, 0.25) is 0 Å². The van der Waals surface area contributed by atoms with E-state index in [0.29, 0.717) is 25.2 Å². The monoisotopic (exact) mass is 356 g/mol. The van der Waals surface area contributed by atoms with Gasteiger partial charge in [0.1, 0.15) is 5.78 Å². The Labute approximate surface area is 155 Å². The normalized spacial score (nSPS) is 11.9. The van der Waals surface area contributed by atoms with E-state index >= 15 is 0 Å². The highest BCUT2D eigenvalue weighted by atomic mass is 16.5. The molecule has 0 saturated heterocycles. The number of rotatable bonds is 11. The van der Waals surface area contributed by atoms with E-state index < -0.39 is 0 Å². The Morgan fingerprint density at radius 1 is 1.08 bits per heavy atom. The van der Waals surface area contributed by atoms with Gasteiger partial charge in [-0.25, -0.2) is 0 Å². The molecule has 140 valence electrons. The van der Waals surface area contributed by atoms with Gasteiger partial charge in [0.15, 0.2) is 11.5 Å². The van der Waals surface area contributed by atoms with Gasteiger partial charge >= 0.3 is 0 Å². The summed E-state index contributed by atoms with van der Waals surface area (Å²) in [5, 5.41) is 9.67. The van der Waals surface area contributed by atoms with Gasteiger partial charge in [0.05, 0.1) is 13.2 Å². The molecule has 0 aliphatic heterocycles. The molecule has 4 nitrogen and oxygen atoms in total. The van der Waals surface area contributed by atoms with Gasteiger partial charge in [-0.15, -0.1) is 0 Å². The Morgan fingerprint density at radius 3 is 2.54 bits per heavy atom. The third kappa shape index (κ3) is 6.52. The number of benzene rings is 2. The van der Waals surface area contributed by atoms with Gasteiger partial charge in [-0.05, 0) is 49.4 Å². The quantitative estimate of drug-likeness (QED) is 0.651. The first-order valence-corrected chi connectivity index (χ1v) is 9.15. The van der Waals surface area contributed by atoms with Crippen LogP contribution in [0.15, 0.2) is 48.5 Å².